The Morgan fingerprint density at radius 2 is 1.84 bits per heavy atom. The second-order valence-electron chi connectivity index (χ2n) is 6.55. The maximum Gasteiger partial charge on any atom is 0.287 e. The Hall–Kier alpha value is -2.08. The van der Waals surface area contributed by atoms with Crippen molar-refractivity contribution in [3.8, 4) is 0 Å². The third kappa shape index (κ3) is 5.74. The molecule has 1 saturated heterocycles. The van der Waals surface area contributed by atoms with Gasteiger partial charge in [-0.25, -0.2) is 0 Å². The minimum absolute atomic E-state index is 0.119. The molecule has 136 valence electrons. The molecule has 0 radical (unpaired) electrons. The van der Waals surface area contributed by atoms with Crippen LogP contribution in [0.5, 0.6) is 0 Å². The van der Waals surface area contributed by atoms with E-state index in [9.17, 15) is 14.4 Å². The Morgan fingerprint density at radius 1 is 1.16 bits per heavy atom. The quantitative estimate of drug-likeness (QED) is 0.779. The van der Waals surface area contributed by atoms with Gasteiger partial charge in [0.1, 0.15) is 0 Å². The Balaban J connectivity index is 1.77. The molecule has 0 unspecified atom stereocenters. The predicted molar refractivity (Wildman–Crippen MR) is 97.7 cm³/mol. The van der Waals surface area contributed by atoms with E-state index in [2.05, 4.69) is 10.2 Å². The zero-order valence-corrected chi connectivity index (χ0v) is 15.4. The summed E-state index contributed by atoms with van der Waals surface area (Å²) >= 11 is 6.01. The molecule has 2 amide bonds. The molecule has 0 bridgehead atoms. The molecule has 1 N–H and O–H groups in total. The lowest BCUT2D eigenvalue weighted by molar-refractivity contribution is -0.140. The van der Waals surface area contributed by atoms with Gasteiger partial charge < -0.3 is 15.1 Å². The second kappa shape index (κ2) is 8.85. The highest BCUT2D eigenvalue weighted by molar-refractivity contribution is 6.36. The average molecular weight is 366 g/mol. The van der Waals surface area contributed by atoms with Crippen LogP contribution in [0.15, 0.2) is 24.3 Å². The van der Waals surface area contributed by atoms with Crippen molar-refractivity contribution >= 4 is 34.9 Å². The maximum atomic E-state index is 12.2. The number of Topliss-reactive ketones (excluding diaryl/α,β-unsaturated/α-hetero) is 1. The lowest BCUT2D eigenvalue weighted by atomic mass is 10.1. The van der Waals surface area contributed by atoms with Gasteiger partial charge in [0.15, 0.2) is 0 Å². The molecule has 0 atom stereocenters. The molecule has 1 aromatic carbocycles. The fraction of sp³-hybridized carbons (Fsp3) is 0.500. The first-order valence-electron chi connectivity index (χ1n) is 8.46. The molecule has 1 aliphatic rings. The molecule has 1 fully saturated rings. The molecule has 1 aromatic rings. The molecule has 0 saturated carbocycles. The number of benzene rings is 1. The summed E-state index contributed by atoms with van der Waals surface area (Å²) in [6, 6.07) is 7.62. The van der Waals surface area contributed by atoms with Crippen molar-refractivity contribution in [2.45, 2.75) is 20.3 Å². The van der Waals surface area contributed by atoms with Gasteiger partial charge >= 0.3 is 0 Å². The van der Waals surface area contributed by atoms with Gasteiger partial charge in [-0.15, -0.1) is 0 Å². The summed E-state index contributed by atoms with van der Waals surface area (Å²) in [7, 11) is 0. The van der Waals surface area contributed by atoms with E-state index in [0.717, 1.165) is 5.69 Å². The zero-order valence-electron chi connectivity index (χ0n) is 14.6. The van der Waals surface area contributed by atoms with Gasteiger partial charge in [0.2, 0.25) is 11.7 Å². The van der Waals surface area contributed by atoms with Crippen LogP contribution in [0, 0.1) is 5.92 Å². The van der Waals surface area contributed by atoms with Crippen LogP contribution in [0.3, 0.4) is 0 Å². The molecule has 0 aliphatic carbocycles. The highest BCUT2D eigenvalue weighted by Gasteiger charge is 2.23. The highest BCUT2D eigenvalue weighted by atomic mass is 35.5. The standard InChI is InChI=1S/C18H24ClN3O3/c1-13(2)10-16(23)18(25)20-12-17(24)22-8-6-21(7-9-22)15-5-3-4-14(19)11-15/h3-5,11,13H,6-10,12H2,1-2H3,(H,20,25). The van der Waals surface area contributed by atoms with Crippen LogP contribution in [0.1, 0.15) is 20.3 Å². The lowest BCUT2D eigenvalue weighted by Crippen LogP contribution is -2.51. The van der Waals surface area contributed by atoms with E-state index in [1.54, 1.807) is 4.90 Å². The van der Waals surface area contributed by atoms with E-state index < -0.39 is 11.7 Å². The molecule has 2 rings (SSSR count). The number of ketones is 1. The largest absolute Gasteiger partial charge is 0.368 e. The molecule has 0 spiro atoms. The molecular formula is C18H24ClN3O3. The van der Waals surface area contributed by atoms with Gasteiger partial charge in [0.25, 0.3) is 5.91 Å². The van der Waals surface area contributed by atoms with Crippen molar-refractivity contribution in [3.63, 3.8) is 0 Å². The normalized spacial score (nSPS) is 14.6. The van der Waals surface area contributed by atoms with Crippen molar-refractivity contribution in [2.24, 2.45) is 5.92 Å². The third-order valence-electron chi connectivity index (χ3n) is 4.05. The molecule has 0 aromatic heterocycles. The van der Waals surface area contributed by atoms with Crippen LogP contribution >= 0.6 is 11.6 Å². The lowest BCUT2D eigenvalue weighted by Gasteiger charge is -2.36. The number of carbonyl (C=O) groups excluding carboxylic acids is 3. The summed E-state index contributed by atoms with van der Waals surface area (Å²) in [4.78, 5) is 39.4. The topological polar surface area (TPSA) is 69.7 Å². The van der Waals surface area contributed by atoms with E-state index in [1.165, 1.54) is 0 Å². The number of halogens is 1. The summed E-state index contributed by atoms with van der Waals surface area (Å²) in [5.74, 6) is -1.21. The Bertz CT molecular complexity index is 640. The average Bonchev–Trinajstić information content (AvgIpc) is 2.59. The molecule has 25 heavy (non-hydrogen) atoms. The third-order valence-corrected chi connectivity index (χ3v) is 4.29. The number of amides is 2. The van der Waals surface area contributed by atoms with E-state index in [4.69, 9.17) is 11.6 Å². The molecule has 7 heteroatoms. The van der Waals surface area contributed by atoms with E-state index >= 15 is 0 Å². The van der Waals surface area contributed by atoms with Crippen molar-refractivity contribution in [2.75, 3.05) is 37.6 Å². The van der Waals surface area contributed by atoms with Crippen molar-refractivity contribution < 1.29 is 14.4 Å². The summed E-state index contributed by atoms with van der Waals surface area (Å²) in [6.45, 7) is 6.15. The summed E-state index contributed by atoms with van der Waals surface area (Å²) in [6.07, 6.45) is 0.193. The highest BCUT2D eigenvalue weighted by Crippen LogP contribution is 2.20. The fourth-order valence-corrected chi connectivity index (χ4v) is 2.90. The maximum absolute atomic E-state index is 12.2. The number of carbonyl (C=O) groups is 3. The number of hydrogen-bond acceptors (Lipinski definition) is 4. The van der Waals surface area contributed by atoms with Gasteiger partial charge in [0, 0.05) is 43.3 Å². The number of piperazine rings is 1. The van der Waals surface area contributed by atoms with Crippen LogP contribution in [0.4, 0.5) is 5.69 Å². The molecular weight excluding hydrogens is 342 g/mol. The first-order valence-corrected chi connectivity index (χ1v) is 8.84. The Labute approximate surface area is 153 Å². The van der Waals surface area contributed by atoms with E-state index in [1.807, 2.05) is 38.1 Å². The fourth-order valence-electron chi connectivity index (χ4n) is 2.72. The SMILES string of the molecule is CC(C)CC(=O)C(=O)NCC(=O)N1CCN(c2cccc(Cl)c2)CC1. The van der Waals surface area contributed by atoms with Gasteiger partial charge in [-0.2, -0.15) is 0 Å². The second-order valence-corrected chi connectivity index (χ2v) is 6.99. The van der Waals surface area contributed by atoms with E-state index in [0.29, 0.717) is 31.2 Å². The van der Waals surface area contributed by atoms with Gasteiger partial charge in [-0.05, 0) is 24.1 Å². The smallest absolute Gasteiger partial charge is 0.287 e. The molecule has 6 nitrogen and oxygen atoms in total. The van der Waals surface area contributed by atoms with Crippen molar-refractivity contribution in [1.82, 2.24) is 10.2 Å². The Morgan fingerprint density at radius 3 is 2.44 bits per heavy atom. The first kappa shape index (κ1) is 19.2. The number of nitrogens with zero attached hydrogens (tertiary/aromatic N) is 2. The monoisotopic (exact) mass is 365 g/mol. The van der Waals surface area contributed by atoms with Gasteiger partial charge in [-0.3, -0.25) is 14.4 Å². The zero-order chi connectivity index (χ0) is 18.4. The van der Waals surface area contributed by atoms with Crippen molar-refractivity contribution in [3.05, 3.63) is 29.3 Å². The first-order chi connectivity index (χ1) is 11.9. The van der Waals surface area contributed by atoms with Crippen molar-refractivity contribution in [1.29, 1.82) is 0 Å². The minimum atomic E-state index is -0.681. The minimum Gasteiger partial charge on any atom is -0.368 e. The number of hydrogen-bond donors (Lipinski definition) is 1. The van der Waals surface area contributed by atoms with Crippen LogP contribution in [0.25, 0.3) is 0 Å². The van der Waals surface area contributed by atoms with Crippen LogP contribution in [-0.4, -0.2) is 55.2 Å². The van der Waals surface area contributed by atoms with E-state index in [-0.39, 0.29) is 24.8 Å². The Kier molecular flexibility index (Phi) is 6.82. The summed E-state index contributed by atoms with van der Waals surface area (Å²) < 4.78 is 0. The van der Waals surface area contributed by atoms with Gasteiger partial charge in [-0.1, -0.05) is 31.5 Å². The molecule has 1 heterocycles. The summed E-state index contributed by atoms with van der Waals surface area (Å²) in [5.41, 5.74) is 1.03. The number of nitrogens with one attached hydrogen (secondary N) is 1. The molecule has 1 aliphatic heterocycles. The van der Waals surface area contributed by atoms with Gasteiger partial charge in [0.05, 0.1) is 6.54 Å². The van der Waals surface area contributed by atoms with Crippen LogP contribution < -0.4 is 10.2 Å². The van der Waals surface area contributed by atoms with Crippen LogP contribution in [0.2, 0.25) is 5.02 Å². The number of anilines is 1. The van der Waals surface area contributed by atoms with Crippen LogP contribution in [-0.2, 0) is 14.4 Å². The predicted octanol–water partition coefficient (Wildman–Crippen LogP) is 1.72. The summed E-state index contributed by atoms with van der Waals surface area (Å²) in [5, 5.41) is 3.11. The number of rotatable bonds is 6.